The van der Waals surface area contributed by atoms with Gasteiger partial charge in [0.1, 0.15) is 0 Å². The van der Waals surface area contributed by atoms with Gasteiger partial charge in [-0.3, -0.25) is 9.36 Å². The molecule has 0 saturated carbocycles. The summed E-state index contributed by atoms with van der Waals surface area (Å²) in [6.45, 7) is 5.76. The average molecular weight is 443 g/mol. The van der Waals surface area contributed by atoms with E-state index in [-0.39, 0.29) is 17.8 Å². The summed E-state index contributed by atoms with van der Waals surface area (Å²) < 4.78 is 7.93. The Morgan fingerprint density at radius 3 is 2.90 bits per heavy atom. The highest BCUT2D eigenvalue weighted by Crippen LogP contribution is 2.29. The molecule has 3 aromatic rings. The van der Waals surface area contributed by atoms with Gasteiger partial charge in [-0.1, -0.05) is 49.9 Å². The Hall–Kier alpha value is -2.16. The molecule has 0 unspecified atom stereocenters. The number of nitrogens with one attached hydrogen (secondary N) is 1. The van der Waals surface area contributed by atoms with E-state index in [2.05, 4.69) is 40.0 Å². The minimum absolute atomic E-state index is 0.0440. The zero-order valence-corrected chi connectivity index (χ0v) is 18.8. The largest absolute Gasteiger partial charge is 0.376 e. The monoisotopic (exact) mass is 442 g/mol. The summed E-state index contributed by atoms with van der Waals surface area (Å²) in [4.78, 5) is 13.7. The van der Waals surface area contributed by atoms with Crippen LogP contribution in [0.2, 0.25) is 0 Å². The summed E-state index contributed by atoms with van der Waals surface area (Å²) in [7, 11) is 0. The molecule has 1 atom stereocenters. The molecule has 0 spiro atoms. The van der Waals surface area contributed by atoms with Crippen LogP contribution in [-0.4, -0.2) is 39.1 Å². The van der Waals surface area contributed by atoms with E-state index in [0.29, 0.717) is 12.5 Å². The number of rotatable bonds is 8. The first kappa shape index (κ1) is 21.1. The lowest BCUT2D eigenvalue weighted by Crippen LogP contribution is -2.18. The minimum atomic E-state index is -0.0440. The lowest BCUT2D eigenvalue weighted by molar-refractivity contribution is -0.113. The van der Waals surface area contributed by atoms with Gasteiger partial charge in [-0.05, 0) is 41.8 Å². The number of hydrogen-bond acceptors (Lipinski definition) is 6. The molecule has 8 heteroatoms. The van der Waals surface area contributed by atoms with Crippen LogP contribution in [0.3, 0.4) is 0 Å². The van der Waals surface area contributed by atoms with Gasteiger partial charge in [0.15, 0.2) is 11.0 Å². The summed E-state index contributed by atoms with van der Waals surface area (Å²) in [5.74, 6) is 1.42. The highest BCUT2D eigenvalue weighted by atomic mass is 32.2. The maximum absolute atomic E-state index is 12.6. The Balaban J connectivity index is 1.47. The second kappa shape index (κ2) is 9.76. The number of aromatic nitrogens is 3. The van der Waals surface area contributed by atoms with Crippen LogP contribution < -0.4 is 5.32 Å². The second-order valence-corrected chi connectivity index (χ2v) is 9.50. The number of carbonyl (C=O) groups excluding carboxylic acids is 1. The topological polar surface area (TPSA) is 69.0 Å². The van der Waals surface area contributed by atoms with Crippen molar-refractivity contribution < 1.29 is 9.53 Å². The smallest absolute Gasteiger partial charge is 0.234 e. The van der Waals surface area contributed by atoms with Gasteiger partial charge < -0.3 is 10.1 Å². The van der Waals surface area contributed by atoms with Gasteiger partial charge in [0, 0.05) is 12.3 Å². The maximum atomic E-state index is 12.6. The highest BCUT2D eigenvalue weighted by molar-refractivity contribution is 7.99. The normalized spacial score (nSPS) is 16.3. The molecule has 1 fully saturated rings. The summed E-state index contributed by atoms with van der Waals surface area (Å²) in [6, 6.07) is 12.0. The van der Waals surface area contributed by atoms with Crippen molar-refractivity contribution in [2.75, 3.05) is 17.7 Å². The van der Waals surface area contributed by atoms with Crippen molar-refractivity contribution in [3.63, 3.8) is 0 Å². The number of thioether (sulfide) groups is 1. The van der Waals surface area contributed by atoms with E-state index in [1.165, 1.54) is 11.8 Å². The number of anilines is 1. The molecule has 2 aromatic heterocycles. The number of thiophene rings is 1. The molecule has 0 aliphatic carbocycles. The van der Waals surface area contributed by atoms with Gasteiger partial charge in [0.05, 0.1) is 23.3 Å². The molecular weight excluding hydrogens is 416 g/mol. The maximum Gasteiger partial charge on any atom is 0.234 e. The summed E-state index contributed by atoms with van der Waals surface area (Å²) >= 11 is 3.06. The molecule has 4 rings (SSSR count). The molecule has 1 saturated heterocycles. The fraction of sp³-hybridized carbons (Fsp3) is 0.409. The van der Waals surface area contributed by atoms with Crippen molar-refractivity contribution in [3.8, 4) is 10.7 Å². The number of carbonyl (C=O) groups is 1. The summed E-state index contributed by atoms with van der Waals surface area (Å²) in [5, 5.41) is 14.6. The molecule has 1 amide bonds. The molecule has 1 aliphatic heterocycles. The van der Waals surface area contributed by atoms with Crippen LogP contribution in [0.15, 0.2) is 46.9 Å². The van der Waals surface area contributed by atoms with Crippen molar-refractivity contribution in [2.24, 2.45) is 0 Å². The van der Waals surface area contributed by atoms with Gasteiger partial charge >= 0.3 is 0 Å². The van der Waals surface area contributed by atoms with Crippen LogP contribution in [0, 0.1) is 0 Å². The van der Waals surface area contributed by atoms with Crippen molar-refractivity contribution in [1.82, 2.24) is 14.8 Å². The second-order valence-electron chi connectivity index (χ2n) is 7.61. The Morgan fingerprint density at radius 1 is 1.30 bits per heavy atom. The van der Waals surface area contributed by atoms with Crippen LogP contribution in [0.4, 0.5) is 5.69 Å². The molecule has 6 nitrogen and oxygen atoms in total. The highest BCUT2D eigenvalue weighted by Gasteiger charge is 2.22. The van der Waals surface area contributed by atoms with Gasteiger partial charge in [-0.2, -0.15) is 0 Å². The van der Waals surface area contributed by atoms with Crippen molar-refractivity contribution in [1.29, 1.82) is 0 Å². The van der Waals surface area contributed by atoms with Crippen LogP contribution in [0.1, 0.15) is 38.2 Å². The van der Waals surface area contributed by atoms with Crippen molar-refractivity contribution >= 4 is 34.7 Å². The van der Waals surface area contributed by atoms with Crippen LogP contribution in [0.5, 0.6) is 0 Å². The van der Waals surface area contributed by atoms with Crippen molar-refractivity contribution in [3.05, 3.63) is 47.3 Å². The number of para-hydroxylation sites is 1. The molecule has 1 N–H and O–H groups in total. The Labute approximate surface area is 185 Å². The third-order valence-corrected chi connectivity index (χ3v) is 6.89. The van der Waals surface area contributed by atoms with Gasteiger partial charge in [0.2, 0.25) is 5.91 Å². The Morgan fingerprint density at radius 2 is 2.17 bits per heavy atom. The molecule has 1 aromatic carbocycles. The molecule has 1 aliphatic rings. The van der Waals surface area contributed by atoms with Gasteiger partial charge in [-0.25, -0.2) is 0 Å². The summed E-state index contributed by atoms with van der Waals surface area (Å²) in [5.41, 5.74) is 2.01. The number of benzene rings is 1. The predicted molar refractivity (Wildman–Crippen MR) is 122 cm³/mol. The lowest BCUT2D eigenvalue weighted by atomic mass is 10.0. The minimum Gasteiger partial charge on any atom is -0.376 e. The number of ether oxygens (including phenoxy) is 1. The number of nitrogens with zero attached hydrogens (tertiary/aromatic N) is 3. The quantitative estimate of drug-likeness (QED) is 0.495. The zero-order chi connectivity index (χ0) is 20.9. The van der Waals surface area contributed by atoms with Crippen molar-refractivity contribution in [2.45, 2.75) is 50.4 Å². The zero-order valence-electron chi connectivity index (χ0n) is 17.2. The molecular formula is C22H26N4O2S2. The van der Waals surface area contributed by atoms with Crippen LogP contribution in [0.25, 0.3) is 10.7 Å². The lowest BCUT2D eigenvalue weighted by Gasteiger charge is -2.15. The fourth-order valence-corrected chi connectivity index (χ4v) is 5.04. The molecule has 3 heterocycles. The van der Waals surface area contributed by atoms with E-state index in [4.69, 9.17) is 4.74 Å². The van der Waals surface area contributed by atoms with E-state index >= 15 is 0 Å². The molecule has 0 bridgehead atoms. The van der Waals surface area contributed by atoms with E-state index in [0.717, 1.165) is 46.6 Å². The van der Waals surface area contributed by atoms with Crippen LogP contribution in [-0.2, 0) is 16.1 Å². The first-order valence-corrected chi connectivity index (χ1v) is 12.1. The first-order valence-electron chi connectivity index (χ1n) is 10.2. The van der Waals surface area contributed by atoms with E-state index in [9.17, 15) is 4.79 Å². The molecule has 158 valence electrons. The van der Waals surface area contributed by atoms with Gasteiger partial charge in [0.25, 0.3) is 0 Å². The molecule has 0 radical (unpaired) electrons. The summed E-state index contributed by atoms with van der Waals surface area (Å²) in [6.07, 6.45) is 2.30. The third-order valence-electron chi connectivity index (χ3n) is 5.06. The molecule has 30 heavy (non-hydrogen) atoms. The van der Waals surface area contributed by atoms with E-state index in [1.807, 2.05) is 35.7 Å². The fourth-order valence-electron chi connectivity index (χ4n) is 3.57. The number of hydrogen-bond donors (Lipinski definition) is 1. The predicted octanol–water partition coefficient (Wildman–Crippen LogP) is 5.04. The van der Waals surface area contributed by atoms with E-state index in [1.54, 1.807) is 11.3 Å². The first-order chi connectivity index (χ1) is 14.6. The van der Waals surface area contributed by atoms with Gasteiger partial charge in [-0.15, -0.1) is 21.5 Å². The van der Waals surface area contributed by atoms with Crippen LogP contribution >= 0.6 is 23.1 Å². The average Bonchev–Trinajstić information content (AvgIpc) is 3.49. The Kier molecular flexibility index (Phi) is 6.86. The standard InChI is InChI=1S/C22H26N4O2S2/c1-15(2)17-8-3-4-9-18(17)23-20(27)14-30-22-25-24-21(19-10-6-12-29-19)26(22)13-16-7-5-11-28-16/h3-4,6,8-10,12,15-16H,5,7,11,13-14H2,1-2H3,(H,23,27)/t16-/m1/s1. The number of amides is 1. The Bertz CT molecular complexity index is 979. The third kappa shape index (κ3) is 4.94. The SMILES string of the molecule is CC(C)c1ccccc1NC(=O)CSc1nnc(-c2cccs2)n1C[C@H]1CCCO1. The van der Waals surface area contributed by atoms with E-state index < -0.39 is 0 Å².